The first-order chi connectivity index (χ1) is 12.3. The third-order valence-corrected chi connectivity index (χ3v) is 4.85. The molecule has 3 rings (SSSR count). The molecule has 1 saturated heterocycles. The summed E-state index contributed by atoms with van der Waals surface area (Å²) in [4.78, 5) is 5.03. The fourth-order valence-electron chi connectivity index (χ4n) is 3.47. The minimum absolute atomic E-state index is 0. The molecule has 0 saturated carbocycles. The van der Waals surface area contributed by atoms with Crippen molar-refractivity contribution in [1.29, 1.82) is 0 Å². The van der Waals surface area contributed by atoms with Crippen molar-refractivity contribution in [3.8, 4) is 0 Å². The number of benzene rings is 1. The van der Waals surface area contributed by atoms with Crippen LogP contribution in [-0.2, 0) is 17.8 Å². The zero-order valence-corrected chi connectivity index (χ0v) is 16.3. The van der Waals surface area contributed by atoms with Crippen LogP contribution in [0.4, 0.5) is 0 Å². The van der Waals surface area contributed by atoms with Crippen LogP contribution in [0.25, 0.3) is 0 Å². The Kier molecular flexibility index (Phi) is 8.44. The number of aromatic nitrogens is 4. The minimum Gasteiger partial charge on any atom is -1.00 e. The van der Waals surface area contributed by atoms with E-state index < -0.39 is 0 Å². The Balaban J connectivity index is 0.00000243. The molecule has 1 unspecified atom stereocenters. The van der Waals surface area contributed by atoms with Crippen LogP contribution in [0.1, 0.15) is 30.8 Å². The van der Waals surface area contributed by atoms with Crippen LogP contribution in [0.2, 0.25) is 0 Å². The lowest BCUT2D eigenvalue weighted by molar-refractivity contribution is -0.00000584. The number of rotatable bonds is 8. The Morgan fingerprint density at radius 3 is 2.50 bits per heavy atom. The molecule has 7 nitrogen and oxygen atoms in total. The molecular formula is C18H28ClN6O-. The summed E-state index contributed by atoms with van der Waals surface area (Å²) in [5.41, 5.74) is 1.38. The molecule has 1 aromatic heterocycles. The molecule has 0 radical (unpaired) electrons. The highest BCUT2D eigenvalue weighted by Crippen LogP contribution is 2.23. The molecule has 2 aromatic rings. The monoisotopic (exact) mass is 379 g/mol. The third-order valence-electron chi connectivity index (χ3n) is 4.85. The average molecular weight is 380 g/mol. The maximum atomic E-state index is 5.16. The van der Waals surface area contributed by atoms with Gasteiger partial charge in [-0.1, -0.05) is 37.3 Å². The van der Waals surface area contributed by atoms with Crippen molar-refractivity contribution in [2.75, 3.05) is 39.9 Å². The number of piperazine rings is 1. The highest BCUT2D eigenvalue weighted by molar-refractivity contribution is 5.14. The number of methoxy groups -OCH3 is 1. The van der Waals surface area contributed by atoms with Gasteiger partial charge in [-0.15, -0.1) is 5.10 Å². The van der Waals surface area contributed by atoms with Gasteiger partial charge in [0.25, 0.3) is 0 Å². The second-order valence-electron chi connectivity index (χ2n) is 6.47. The average Bonchev–Trinajstić information content (AvgIpc) is 3.11. The Labute approximate surface area is 161 Å². The fraction of sp³-hybridized carbons (Fsp3) is 0.611. The fourth-order valence-corrected chi connectivity index (χ4v) is 3.47. The molecule has 0 bridgehead atoms. The highest BCUT2D eigenvalue weighted by atomic mass is 35.5. The van der Waals surface area contributed by atoms with E-state index in [9.17, 15) is 0 Å². The summed E-state index contributed by atoms with van der Waals surface area (Å²) < 4.78 is 7.05. The van der Waals surface area contributed by atoms with Gasteiger partial charge in [0, 0.05) is 39.8 Å². The number of ether oxygens (including phenoxy) is 1. The van der Waals surface area contributed by atoms with Gasteiger partial charge in [0.2, 0.25) is 0 Å². The molecule has 1 aliphatic rings. The van der Waals surface area contributed by atoms with Crippen LogP contribution in [0.5, 0.6) is 0 Å². The van der Waals surface area contributed by atoms with Crippen molar-refractivity contribution in [1.82, 2.24) is 30.0 Å². The number of halogens is 1. The second kappa shape index (κ2) is 10.6. The first kappa shape index (κ1) is 20.8. The van der Waals surface area contributed by atoms with Crippen LogP contribution >= 0.6 is 0 Å². The molecule has 0 N–H and O–H groups in total. The molecule has 2 heterocycles. The van der Waals surface area contributed by atoms with Gasteiger partial charge in [0.05, 0.1) is 19.2 Å². The first-order valence-corrected chi connectivity index (χ1v) is 9.07. The molecule has 0 aliphatic carbocycles. The normalized spacial score (nSPS) is 17.0. The van der Waals surface area contributed by atoms with Crippen LogP contribution in [0.3, 0.4) is 0 Å². The van der Waals surface area contributed by atoms with Gasteiger partial charge in [-0.05, 0) is 22.4 Å². The topological polar surface area (TPSA) is 59.3 Å². The van der Waals surface area contributed by atoms with E-state index in [-0.39, 0.29) is 18.4 Å². The lowest BCUT2D eigenvalue weighted by Crippen LogP contribution is -3.00. The molecule has 0 spiro atoms. The maximum absolute atomic E-state index is 5.16. The summed E-state index contributed by atoms with van der Waals surface area (Å²) >= 11 is 0. The predicted molar refractivity (Wildman–Crippen MR) is 96.0 cm³/mol. The van der Waals surface area contributed by atoms with Gasteiger partial charge in [-0.3, -0.25) is 9.80 Å². The van der Waals surface area contributed by atoms with E-state index in [1.807, 2.05) is 4.68 Å². The lowest BCUT2D eigenvalue weighted by atomic mass is 10.1. The number of hydrogen-bond acceptors (Lipinski definition) is 6. The predicted octanol–water partition coefficient (Wildman–Crippen LogP) is -1.41. The standard InChI is InChI=1S/C18H28N6O.ClH/c1-3-17(18-19-20-21-24(18)13-14-25-2)23-11-9-22(10-12-23)15-16-7-5-4-6-8-16;/h4-8,17H,3,9-15H2,1-2H3;1H/p-1. The van der Waals surface area contributed by atoms with Crippen LogP contribution < -0.4 is 12.4 Å². The second-order valence-corrected chi connectivity index (χ2v) is 6.47. The van der Waals surface area contributed by atoms with Crippen LogP contribution in [0.15, 0.2) is 30.3 Å². The zero-order valence-electron chi connectivity index (χ0n) is 15.6. The molecule has 1 fully saturated rings. The first-order valence-electron chi connectivity index (χ1n) is 9.07. The summed E-state index contributed by atoms with van der Waals surface area (Å²) in [5.74, 6) is 0.955. The van der Waals surface area contributed by atoms with E-state index in [4.69, 9.17) is 4.74 Å². The van der Waals surface area contributed by atoms with Gasteiger partial charge in [-0.25, -0.2) is 4.68 Å². The van der Waals surface area contributed by atoms with Gasteiger partial charge in [-0.2, -0.15) is 0 Å². The Morgan fingerprint density at radius 1 is 1.12 bits per heavy atom. The summed E-state index contributed by atoms with van der Waals surface area (Å²) in [7, 11) is 1.70. The van der Waals surface area contributed by atoms with Gasteiger partial charge >= 0.3 is 0 Å². The van der Waals surface area contributed by atoms with Gasteiger partial charge in [0.1, 0.15) is 0 Å². The number of hydrogen-bond donors (Lipinski definition) is 0. The smallest absolute Gasteiger partial charge is 0.168 e. The van der Waals surface area contributed by atoms with Gasteiger partial charge in [0.15, 0.2) is 5.82 Å². The van der Waals surface area contributed by atoms with E-state index in [2.05, 4.69) is 62.6 Å². The summed E-state index contributed by atoms with van der Waals surface area (Å²) in [6.07, 6.45) is 1.01. The van der Waals surface area contributed by atoms with Crippen molar-refractivity contribution in [2.45, 2.75) is 32.5 Å². The molecule has 26 heavy (non-hydrogen) atoms. The molecule has 1 aromatic carbocycles. The summed E-state index contributed by atoms with van der Waals surface area (Å²) in [6, 6.07) is 11.0. The molecule has 1 aliphatic heterocycles. The summed E-state index contributed by atoms with van der Waals surface area (Å²) in [6.45, 7) is 8.79. The van der Waals surface area contributed by atoms with E-state index >= 15 is 0 Å². The highest BCUT2D eigenvalue weighted by Gasteiger charge is 2.27. The number of tetrazole rings is 1. The van der Waals surface area contributed by atoms with Crippen LogP contribution in [-0.4, -0.2) is 69.9 Å². The van der Waals surface area contributed by atoms with Crippen molar-refractivity contribution in [2.24, 2.45) is 0 Å². The molecular weight excluding hydrogens is 352 g/mol. The van der Waals surface area contributed by atoms with Crippen molar-refractivity contribution in [3.05, 3.63) is 41.7 Å². The molecule has 1 atom stereocenters. The Bertz CT molecular complexity index is 630. The Hall–Kier alpha value is -1.54. The number of nitrogens with zero attached hydrogens (tertiary/aromatic N) is 6. The maximum Gasteiger partial charge on any atom is 0.168 e. The molecule has 0 amide bonds. The van der Waals surface area contributed by atoms with Gasteiger partial charge < -0.3 is 17.1 Å². The largest absolute Gasteiger partial charge is 1.00 e. The van der Waals surface area contributed by atoms with Crippen LogP contribution in [0, 0.1) is 0 Å². The van der Waals surface area contributed by atoms with Crippen molar-refractivity contribution >= 4 is 0 Å². The Morgan fingerprint density at radius 2 is 1.85 bits per heavy atom. The van der Waals surface area contributed by atoms with Crippen molar-refractivity contribution in [3.63, 3.8) is 0 Å². The minimum atomic E-state index is 0. The van der Waals surface area contributed by atoms with E-state index in [0.29, 0.717) is 13.2 Å². The molecule has 144 valence electrons. The van der Waals surface area contributed by atoms with E-state index in [1.165, 1.54) is 5.56 Å². The zero-order chi connectivity index (χ0) is 17.5. The van der Waals surface area contributed by atoms with E-state index in [0.717, 1.165) is 45.0 Å². The molecule has 8 heteroatoms. The van der Waals surface area contributed by atoms with Crippen molar-refractivity contribution < 1.29 is 17.1 Å². The third kappa shape index (κ3) is 5.23. The van der Waals surface area contributed by atoms with E-state index in [1.54, 1.807) is 7.11 Å². The summed E-state index contributed by atoms with van der Waals surface area (Å²) in [5, 5.41) is 12.3. The lowest BCUT2D eigenvalue weighted by Gasteiger charge is -2.38. The SMILES string of the molecule is CCC(c1nnnn1CCOC)N1CCN(Cc2ccccc2)CC1.[Cl-]. The quantitative estimate of drug-likeness (QED) is 0.562.